The van der Waals surface area contributed by atoms with Gasteiger partial charge in [0.2, 0.25) is 5.91 Å². The number of carbonyl (C=O) groups is 2. The van der Waals surface area contributed by atoms with Crippen molar-refractivity contribution in [3.8, 4) is 0 Å². The smallest absolute Gasteiger partial charge is 0.314 e. The van der Waals surface area contributed by atoms with Crippen molar-refractivity contribution in [3.63, 3.8) is 0 Å². The molecular formula is C8H11NO3. The molecule has 1 amide bonds. The topological polar surface area (TPSA) is 69.4 Å². The van der Waals surface area contributed by atoms with E-state index in [0.717, 1.165) is 6.26 Å². The first-order valence-electron chi connectivity index (χ1n) is 3.35. The summed E-state index contributed by atoms with van der Waals surface area (Å²) in [6.45, 7) is 4.74. The maximum atomic E-state index is 10.7. The molecule has 0 aromatic heterocycles. The molecule has 4 heteroatoms. The molecule has 4 nitrogen and oxygen atoms in total. The molecule has 0 saturated heterocycles. The maximum Gasteiger partial charge on any atom is 0.314 e. The SMILES string of the molecule is C=COC(=O)C/C=C(\C)C(N)=O. The van der Waals surface area contributed by atoms with Gasteiger partial charge in [0.25, 0.3) is 0 Å². The minimum absolute atomic E-state index is 0.0286. The third-order valence-corrected chi connectivity index (χ3v) is 1.18. The predicted octanol–water partition coefficient (Wildman–Crippen LogP) is 0.495. The monoisotopic (exact) mass is 169 g/mol. The average molecular weight is 169 g/mol. The molecule has 0 aliphatic heterocycles. The summed E-state index contributed by atoms with van der Waals surface area (Å²) in [5.74, 6) is -1.01. The summed E-state index contributed by atoms with van der Waals surface area (Å²) in [7, 11) is 0. The van der Waals surface area contributed by atoms with Gasteiger partial charge in [0.1, 0.15) is 0 Å². The second kappa shape index (κ2) is 5.12. The van der Waals surface area contributed by atoms with Crippen LogP contribution in [0.2, 0.25) is 0 Å². The van der Waals surface area contributed by atoms with E-state index < -0.39 is 11.9 Å². The molecule has 0 aliphatic rings. The molecule has 0 spiro atoms. The van der Waals surface area contributed by atoms with Gasteiger partial charge in [-0.3, -0.25) is 9.59 Å². The van der Waals surface area contributed by atoms with Crippen LogP contribution in [0.3, 0.4) is 0 Å². The van der Waals surface area contributed by atoms with Gasteiger partial charge in [-0.05, 0) is 6.92 Å². The molecule has 0 rings (SSSR count). The van der Waals surface area contributed by atoms with Crippen molar-refractivity contribution in [2.45, 2.75) is 13.3 Å². The number of nitrogens with two attached hydrogens (primary N) is 1. The van der Waals surface area contributed by atoms with Gasteiger partial charge in [-0.15, -0.1) is 0 Å². The van der Waals surface area contributed by atoms with Crippen molar-refractivity contribution >= 4 is 11.9 Å². The van der Waals surface area contributed by atoms with Gasteiger partial charge in [-0.1, -0.05) is 12.7 Å². The summed E-state index contributed by atoms with van der Waals surface area (Å²) in [5.41, 5.74) is 5.26. The molecule has 0 bridgehead atoms. The van der Waals surface area contributed by atoms with Crippen LogP contribution in [0.1, 0.15) is 13.3 Å². The van der Waals surface area contributed by atoms with Gasteiger partial charge in [0.05, 0.1) is 12.7 Å². The van der Waals surface area contributed by atoms with Gasteiger partial charge in [-0.25, -0.2) is 0 Å². The molecular weight excluding hydrogens is 158 g/mol. The van der Waals surface area contributed by atoms with Gasteiger partial charge < -0.3 is 10.5 Å². The van der Waals surface area contributed by atoms with Gasteiger partial charge >= 0.3 is 5.97 Å². The third-order valence-electron chi connectivity index (χ3n) is 1.18. The van der Waals surface area contributed by atoms with Crippen LogP contribution in [0.15, 0.2) is 24.5 Å². The minimum atomic E-state index is -0.540. The average Bonchev–Trinajstić information content (AvgIpc) is 2.00. The molecule has 0 aromatic carbocycles. The number of hydrogen-bond donors (Lipinski definition) is 1. The number of esters is 1. The lowest BCUT2D eigenvalue weighted by Gasteiger charge is -1.95. The zero-order chi connectivity index (χ0) is 9.56. The number of amides is 1. The van der Waals surface area contributed by atoms with Crippen LogP contribution in [-0.4, -0.2) is 11.9 Å². The first-order valence-corrected chi connectivity index (χ1v) is 3.35. The van der Waals surface area contributed by atoms with Crippen molar-refractivity contribution < 1.29 is 14.3 Å². The maximum absolute atomic E-state index is 10.7. The highest BCUT2D eigenvalue weighted by molar-refractivity contribution is 5.91. The molecule has 2 N–H and O–H groups in total. The Morgan fingerprint density at radius 3 is 2.58 bits per heavy atom. The van der Waals surface area contributed by atoms with Crippen molar-refractivity contribution in [1.29, 1.82) is 0 Å². The van der Waals surface area contributed by atoms with Crippen LogP contribution in [0.4, 0.5) is 0 Å². The quantitative estimate of drug-likeness (QED) is 0.378. The Balaban J connectivity index is 3.95. The number of ether oxygens (including phenoxy) is 1. The second-order valence-corrected chi connectivity index (χ2v) is 2.11. The van der Waals surface area contributed by atoms with E-state index in [1.165, 1.54) is 13.0 Å². The molecule has 0 unspecified atom stereocenters. The summed E-state index contributed by atoms with van der Waals surface area (Å²) in [6.07, 6.45) is 2.48. The van der Waals surface area contributed by atoms with Crippen molar-refractivity contribution in [3.05, 3.63) is 24.5 Å². The Bertz CT molecular complexity index is 230. The van der Waals surface area contributed by atoms with Crippen LogP contribution in [0, 0.1) is 0 Å². The lowest BCUT2D eigenvalue weighted by atomic mass is 10.2. The molecule has 66 valence electrons. The summed E-state index contributed by atoms with van der Waals surface area (Å²) >= 11 is 0. The van der Waals surface area contributed by atoms with Crippen molar-refractivity contribution in [1.82, 2.24) is 0 Å². The lowest BCUT2D eigenvalue weighted by Crippen LogP contribution is -2.12. The highest BCUT2D eigenvalue weighted by atomic mass is 16.5. The predicted molar refractivity (Wildman–Crippen MR) is 43.9 cm³/mol. The van der Waals surface area contributed by atoms with E-state index in [1.807, 2.05) is 0 Å². The molecule has 0 atom stereocenters. The van der Waals surface area contributed by atoms with E-state index in [0.29, 0.717) is 5.57 Å². The number of rotatable bonds is 4. The van der Waals surface area contributed by atoms with E-state index in [4.69, 9.17) is 5.73 Å². The highest BCUT2D eigenvalue weighted by Gasteiger charge is 2.00. The first-order chi connectivity index (χ1) is 5.57. The Hall–Kier alpha value is -1.58. The second-order valence-electron chi connectivity index (χ2n) is 2.11. The number of primary amides is 1. The standard InChI is InChI=1S/C8H11NO3/c1-3-12-7(10)5-4-6(2)8(9)11/h3-4H,1,5H2,2H3,(H2,9,11)/b6-4+. The summed E-state index contributed by atoms with van der Waals surface area (Å²) < 4.78 is 4.40. The van der Waals surface area contributed by atoms with E-state index in [9.17, 15) is 9.59 Å². The lowest BCUT2D eigenvalue weighted by molar-refractivity contribution is -0.136. The molecule has 0 saturated carbocycles. The molecule has 0 radical (unpaired) electrons. The van der Waals surface area contributed by atoms with Crippen LogP contribution in [0.25, 0.3) is 0 Å². The minimum Gasteiger partial charge on any atom is -0.435 e. The zero-order valence-electron chi connectivity index (χ0n) is 6.87. The van der Waals surface area contributed by atoms with Crippen molar-refractivity contribution in [2.24, 2.45) is 5.73 Å². The fourth-order valence-electron chi connectivity index (χ4n) is 0.478. The van der Waals surface area contributed by atoms with E-state index in [1.54, 1.807) is 0 Å². The Labute approximate surface area is 70.7 Å². The third kappa shape index (κ3) is 4.27. The molecule has 12 heavy (non-hydrogen) atoms. The largest absolute Gasteiger partial charge is 0.435 e. The molecule has 0 fully saturated rings. The molecule has 0 aromatic rings. The highest BCUT2D eigenvalue weighted by Crippen LogP contribution is 1.95. The van der Waals surface area contributed by atoms with Crippen LogP contribution in [0.5, 0.6) is 0 Å². The number of carbonyl (C=O) groups excluding carboxylic acids is 2. The normalized spacial score (nSPS) is 10.6. The van der Waals surface area contributed by atoms with Crippen LogP contribution >= 0.6 is 0 Å². The zero-order valence-corrected chi connectivity index (χ0v) is 6.87. The Morgan fingerprint density at radius 1 is 1.58 bits per heavy atom. The van der Waals surface area contributed by atoms with Crippen molar-refractivity contribution in [2.75, 3.05) is 0 Å². The Morgan fingerprint density at radius 2 is 2.17 bits per heavy atom. The summed E-state index contributed by atoms with van der Waals surface area (Å²) in [4.78, 5) is 21.1. The van der Waals surface area contributed by atoms with E-state index >= 15 is 0 Å². The molecule has 0 heterocycles. The Kier molecular flexibility index (Phi) is 4.45. The van der Waals surface area contributed by atoms with E-state index in [-0.39, 0.29) is 6.42 Å². The number of hydrogen-bond acceptors (Lipinski definition) is 3. The first kappa shape index (κ1) is 10.4. The van der Waals surface area contributed by atoms with Gasteiger partial charge in [0.15, 0.2) is 0 Å². The summed E-state index contributed by atoms with van der Waals surface area (Å²) in [5, 5.41) is 0. The van der Waals surface area contributed by atoms with Gasteiger partial charge in [-0.2, -0.15) is 0 Å². The fraction of sp³-hybridized carbons (Fsp3) is 0.250. The van der Waals surface area contributed by atoms with E-state index in [2.05, 4.69) is 11.3 Å². The van der Waals surface area contributed by atoms with Crippen LogP contribution < -0.4 is 5.73 Å². The molecule has 0 aliphatic carbocycles. The van der Waals surface area contributed by atoms with Crippen LogP contribution in [-0.2, 0) is 14.3 Å². The van der Waals surface area contributed by atoms with Gasteiger partial charge in [0, 0.05) is 5.57 Å². The fourth-order valence-corrected chi connectivity index (χ4v) is 0.478. The summed E-state index contributed by atoms with van der Waals surface area (Å²) in [6, 6.07) is 0.